The lowest BCUT2D eigenvalue weighted by molar-refractivity contribution is -0.137. The van der Waals surface area contributed by atoms with E-state index in [1.807, 2.05) is 18.2 Å². The SMILES string of the molecule is C/C(=C\COC(=O)C1=CC=CC1)CCC[C@H](C)CCC[C@H](C)CCCC(C)C. The van der Waals surface area contributed by atoms with E-state index in [9.17, 15) is 4.79 Å². The second-order valence-corrected chi connectivity index (χ2v) is 9.33. The molecule has 0 bridgehead atoms. The lowest BCUT2D eigenvalue weighted by Crippen LogP contribution is -2.06. The molecule has 0 unspecified atom stereocenters. The Morgan fingerprint density at radius 1 is 1.00 bits per heavy atom. The minimum absolute atomic E-state index is 0.180. The van der Waals surface area contributed by atoms with Crippen molar-refractivity contribution in [2.75, 3.05) is 6.61 Å². The number of carbonyl (C=O) groups excluding carboxylic acids is 1. The van der Waals surface area contributed by atoms with Crippen molar-refractivity contribution in [1.29, 1.82) is 0 Å². The molecular formula is C26H44O2. The van der Waals surface area contributed by atoms with Gasteiger partial charge in [-0.15, -0.1) is 0 Å². The van der Waals surface area contributed by atoms with Crippen molar-refractivity contribution in [3.63, 3.8) is 0 Å². The molecule has 0 aromatic heterocycles. The van der Waals surface area contributed by atoms with Crippen molar-refractivity contribution in [1.82, 2.24) is 0 Å². The van der Waals surface area contributed by atoms with Gasteiger partial charge >= 0.3 is 5.97 Å². The third-order valence-electron chi connectivity index (χ3n) is 5.82. The van der Waals surface area contributed by atoms with Crippen molar-refractivity contribution in [2.24, 2.45) is 17.8 Å². The summed E-state index contributed by atoms with van der Waals surface area (Å²) in [6.45, 7) is 12.0. The molecule has 0 saturated heterocycles. The normalized spacial score (nSPS) is 16.4. The van der Waals surface area contributed by atoms with Gasteiger partial charge in [0, 0.05) is 5.57 Å². The monoisotopic (exact) mass is 388 g/mol. The highest BCUT2D eigenvalue weighted by atomic mass is 16.5. The summed E-state index contributed by atoms with van der Waals surface area (Å²) >= 11 is 0. The first-order chi connectivity index (χ1) is 13.4. The molecule has 0 aromatic rings. The summed E-state index contributed by atoms with van der Waals surface area (Å²) in [5.74, 6) is 2.37. The van der Waals surface area contributed by atoms with E-state index >= 15 is 0 Å². The van der Waals surface area contributed by atoms with E-state index in [-0.39, 0.29) is 5.97 Å². The van der Waals surface area contributed by atoms with Gasteiger partial charge in [0.1, 0.15) is 6.61 Å². The molecule has 2 atom stereocenters. The number of rotatable bonds is 15. The highest BCUT2D eigenvalue weighted by Crippen LogP contribution is 2.22. The highest BCUT2D eigenvalue weighted by Gasteiger charge is 2.10. The molecule has 0 fully saturated rings. The standard InChI is InChI=1S/C26H44O2/c1-21(2)11-8-12-22(3)13-9-14-23(4)15-10-16-24(5)19-20-28-26(27)25-17-6-7-18-25/h6-7,17,19,21-23H,8-16,18,20H2,1-5H3/b24-19+/t22-,23-/m1/s1. The highest BCUT2D eigenvalue weighted by molar-refractivity contribution is 5.89. The fraction of sp³-hybridized carbons (Fsp3) is 0.731. The summed E-state index contributed by atoms with van der Waals surface area (Å²) in [5.41, 5.74) is 2.09. The Hall–Kier alpha value is -1.31. The van der Waals surface area contributed by atoms with Crippen LogP contribution in [0.25, 0.3) is 0 Å². The maximum Gasteiger partial charge on any atom is 0.334 e. The quantitative estimate of drug-likeness (QED) is 0.211. The number of hydrogen-bond donors (Lipinski definition) is 0. The summed E-state index contributed by atoms with van der Waals surface area (Å²) in [6, 6.07) is 0. The van der Waals surface area contributed by atoms with E-state index in [0.717, 1.165) is 29.7 Å². The maximum atomic E-state index is 11.8. The fourth-order valence-corrected chi connectivity index (χ4v) is 3.76. The molecule has 0 spiro atoms. The van der Waals surface area contributed by atoms with Crippen LogP contribution in [0.4, 0.5) is 0 Å². The predicted octanol–water partition coefficient (Wildman–Crippen LogP) is 7.80. The van der Waals surface area contributed by atoms with Gasteiger partial charge in [0.2, 0.25) is 0 Å². The van der Waals surface area contributed by atoms with Gasteiger partial charge < -0.3 is 4.74 Å². The summed E-state index contributed by atoms with van der Waals surface area (Å²) in [4.78, 5) is 11.8. The molecule has 0 heterocycles. The minimum Gasteiger partial charge on any atom is -0.458 e. The van der Waals surface area contributed by atoms with Crippen LogP contribution in [0.15, 0.2) is 35.5 Å². The van der Waals surface area contributed by atoms with Crippen LogP contribution < -0.4 is 0 Å². The van der Waals surface area contributed by atoms with Crippen LogP contribution in [0.2, 0.25) is 0 Å². The van der Waals surface area contributed by atoms with Crippen LogP contribution in [0, 0.1) is 17.8 Å². The second kappa shape index (κ2) is 14.7. The molecule has 2 nitrogen and oxygen atoms in total. The molecule has 0 aromatic carbocycles. The molecule has 0 saturated carbocycles. The first-order valence-corrected chi connectivity index (χ1v) is 11.6. The van der Waals surface area contributed by atoms with Gasteiger partial charge in [-0.3, -0.25) is 0 Å². The molecule has 0 radical (unpaired) electrons. The van der Waals surface area contributed by atoms with Crippen LogP contribution >= 0.6 is 0 Å². The van der Waals surface area contributed by atoms with E-state index in [4.69, 9.17) is 4.74 Å². The zero-order valence-corrected chi connectivity index (χ0v) is 19.1. The first kappa shape index (κ1) is 24.7. The van der Waals surface area contributed by atoms with Crippen molar-refractivity contribution in [3.8, 4) is 0 Å². The van der Waals surface area contributed by atoms with Crippen LogP contribution in [0.5, 0.6) is 0 Å². The summed E-state index contributed by atoms with van der Waals surface area (Å²) in [7, 11) is 0. The number of hydrogen-bond acceptors (Lipinski definition) is 2. The van der Waals surface area contributed by atoms with E-state index in [2.05, 4.69) is 40.7 Å². The van der Waals surface area contributed by atoms with Crippen LogP contribution in [-0.4, -0.2) is 12.6 Å². The van der Waals surface area contributed by atoms with Gasteiger partial charge in [0.25, 0.3) is 0 Å². The van der Waals surface area contributed by atoms with Gasteiger partial charge in [0.15, 0.2) is 0 Å². The van der Waals surface area contributed by atoms with Gasteiger partial charge in [-0.05, 0) is 50.0 Å². The Morgan fingerprint density at radius 3 is 2.18 bits per heavy atom. The third-order valence-corrected chi connectivity index (χ3v) is 5.82. The largest absolute Gasteiger partial charge is 0.458 e. The third kappa shape index (κ3) is 12.2. The summed E-state index contributed by atoms with van der Waals surface area (Å²) < 4.78 is 5.32. The molecule has 0 aliphatic heterocycles. The lowest BCUT2D eigenvalue weighted by Gasteiger charge is -2.15. The first-order valence-electron chi connectivity index (χ1n) is 11.6. The Balaban J connectivity index is 2.03. The van der Waals surface area contributed by atoms with Gasteiger partial charge in [-0.2, -0.15) is 0 Å². The Kier molecular flexibility index (Phi) is 12.9. The summed E-state index contributed by atoms with van der Waals surface area (Å²) in [5, 5.41) is 0. The molecule has 0 amide bonds. The van der Waals surface area contributed by atoms with Crippen LogP contribution in [0.1, 0.15) is 98.8 Å². The van der Waals surface area contributed by atoms with Crippen LogP contribution in [-0.2, 0) is 9.53 Å². The van der Waals surface area contributed by atoms with E-state index in [0.29, 0.717) is 13.0 Å². The average molecular weight is 389 g/mol. The zero-order chi connectivity index (χ0) is 20.8. The number of esters is 1. The second-order valence-electron chi connectivity index (χ2n) is 9.33. The molecule has 160 valence electrons. The van der Waals surface area contributed by atoms with Gasteiger partial charge in [-0.1, -0.05) is 96.4 Å². The predicted molar refractivity (Wildman–Crippen MR) is 121 cm³/mol. The number of ether oxygens (including phenoxy) is 1. The molecular weight excluding hydrogens is 344 g/mol. The molecule has 0 N–H and O–H groups in total. The van der Waals surface area contributed by atoms with Crippen molar-refractivity contribution in [3.05, 3.63) is 35.5 Å². The Morgan fingerprint density at radius 2 is 1.61 bits per heavy atom. The van der Waals surface area contributed by atoms with Gasteiger partial charge in [-0.25, -0.2) is 4.79 Å². The molecule has 2 heteroatoms. The van der Waals surface area contributed by atoms with E-state index in [1.165, 1.54) is 56.9 Å². The van der Waals surface area contributed by atoms with E-state index in [1.54, 1.807) is 0 Å². The molecule has 1 rings (SSSR count). The molecule has 28 heavy (non-hydrogen) atoms. The lowest BCUT2D eigenvalue weighted by atomic mass is 9.91. The number of carbonyl (C=O) groups is 1. The average Bonchev–Trinajstić information content (AvgIpc) is 3.16. The van der Waals surface area contributed by atoms with E-state index < -0.39 is 0 Å². The summed E-state index contributed by atoms with van der Waals surface area (Å²) in [6.07, 6.45) is 20.4. The topological polar surface area (TPSA) is 26.3 Å². The Bertz CT molecular complexity index is 525. The van der Waals surface area contributed by atoms with Crippen molar-refractivity contribution < 1.29 is 9.53 Å². The molecule has 1 aliphatic carbocycles. The van der Waals surface area contributed by atoms with Crippen molar-refractivity contribution in [2.45, 2.75) is 98.8 Å². The van der Waals surface area contributed by atoms with Crippen molar-refractivity contribution >= 4 is 5.97 Å². The van der Waals surface area contributed by atoms with Crippen LogP contribution in [0.3, 0.4) is 0 Å². The van der Waals surface area contributed by atoms with Gasteiger partial charge in [0.05, 0.1) is 0 Å². The number of allylic oxidation sites excluding steroid dienone is 4. The minimum atomic E-state index is -0.180. The smallest absolute Gasteiger partial charge is 0.334 e. The fourth-order valence-electron chi connectivity index (χ4n) is 3.76. The maximum absolute atomic E-state index is 11.8. The zero-order valence-electron chi connectivity index (χ0n) is 19.1. The molecule has 1 aliphatic rings. The Labute approximate surface area is 174 Å².